The average Bonchev–Trinajstić information content (AvgIpc) is 2.85. The fraction of sp³-hybridized carbons (Fsp3) is 0.321. The number of carbonyl (C=O) groups is 1. The molecule has 0 amide bonds. The minimum atomic E-state index is -0.825. The summed E-state index contributed by atoms with van der Waals surface area (Å²) in [5.74, 6) is 0.854. The Bertz CT molecular complexity index is 1320. The van der Waals surface area contributed by atoms with E-state index in [1.54, 1.807) is 24.3 Å². The lowest BCUT2D eigenvalue weighted by atomic mass is 9.96. The molecule has 0 fully saturated rings. The molecule has 0 radical (unpaired) electrons. The van der Waals surface area contributed by atoms with Gasteiger partial charge in [-0.3, -0.25) is 10.1 Å². The molecule has 0 bridgehead atoms. The Balaban J connectivity index is 1.70. The maximum absolute atomic E-state index is 13.1. The van der Waals surface area contributed by atoms with E-state index in [4.69, 9.17) is 18.9 Å². The summed E-state index contributed by atoms with van der Waals surface area (Å²) in [6.45, 7) is 5.98. The van der Waals surface area contributed by atoms with E-state index in [9.17, 15) is 20.0 Å². The molecule has 0 aliphatic carbocycles. The maximum Gasteiger partial charge on any atom is 0.346 e. The Morgan fingerprint density at radius 2 is 1.86 bits per heavy atom. The fourth-order valence-corrected chi connectivity index (χ4v) is 4.26. The van der Waals surface area contributed by atoms with Crippen LogP contribution in [0.2, 0.25) is 0 Å². The molecule has 0 aromatic heterocycles. The van der Waals surface area contributed by atoms with Gasteiger partial charge in [0.1, 0.15) is 30.3 Å². The second-order valence-electron chi connectivity index (χ2n) is 9.35. The average molecular weight is 508 g/mol. The quantitative estimate of drug-likeness (QED) is 0.223. The molecule has 0 saturated carbocycles. The molecule has 1 aliphatic rings. The summed E-state index contributed by atoms with van der Waals surface area (Å²) in [6, 6.07) is 13.1. The van der Waals surface area contributed by atoms with E-state index in [1.165, 1.54) is 19.2 Å². The van der Waals surface area contributed by atoms with Gasteiger partial charge in [0.15, 0.2) is 11.5 Å². The molecule has 3 aromatic carbocycles. The zero-order chi connectivity index (χ0) is 26.7. The second-order valence-corrected chi connectivity index (χ2v) is 9.35. The summed E-state index contributed by atoms with van der Waals surface area (Å²) in [4.78, 5) is 23.5. The van der Waals surface area contributed by atoms with Crippen LogP contribution in [0.25, 0.3) is 0 Å². The van der Waals surface area contributed by atoms with Crippen molar-refractivity contribution in [2.24, 2.45) is 5.92 Å². The first-order valence-electron chi connectivity index (χ1n) is 11.9. The largest absolute Gasteiger partial charge is 0.495 e. The monoisotopic (exact) mass is 507 g/mol. The third-order valence-electron chi connectivity index (χ3n) is 6.00. The summed E-state index contributed by atoms with van der Waals surface area (Å²) in [5.41, 5.74) is 2.82. The zero-order valence-electron chi connectivity index (χ0n) is 21.1. The van der Waals surface area contributed by atoms with Gasteiger partial charge in [-0.2, -0.15) is 0 Å². The number of methoxy groups -OCH3 is 1. The number of benzene rings is 3. The number of rotatable bonds is 8. The van der Waals surface area contributed by atoms with Crippen molar-refractivity contribution in [2.45, 2.75) is 46.5 Å². The number of esters is 1. The zero-order valence-corrected chi connectivity index (χ0v) is 21.1. The van der Waals surface area contributed by atoms with Crippen molar-refractivity contribution < 1.29 is 33.8 Å². The number of nitro groups is 1. The molecule has 37 heavy (non-hydrogen) atoms. The van der Waals surface area contributed by atoms with Gasteiger partial charge in [-0.1, -0.05) is 13.8 Å². The van der Waals surface area contributed by atoms with E-state index in [-0.39, 0.29) is 41.9 Å². The van der Waals surface area contributed by atoms with Gasteiger partial charge in [-0.05, 0) is 66.8 Å². The summed E-state index contributed by atoms with van der Waals surface area (Å²) in [7, 11) is 1.43. The highest BCUT2D eigenvalue weighted by molar-refractivity contribution is 5.96. The molecular formula is C28H29NO8. The predicted molar refractivity (Wildman–Crippen MR) is 135 cm³/mol. The van der Waals surface area contributed by atoms with Gasteiger partial charge >= 0.3 is 5.97 Å². The van der Waals surface area contributed by atoms with Crippen LogP contribution in [0.1, 0.15) is 59.0 Å². The normalized spacial score (nSPS) is 13.4. The van der Waals surface area contributed by atoms with Crippen LogP contribution < -0.4 is 14.2 Å². The molecule has 194 valence electrons. The Labute approximate surface area is 214 Å². The lowest BCUT2D eigenvalue weighted by molar-refractivity contribution is -0.384. The van der Waals surface area contributed by atoms with E-state index in [0.717, 1.165) is 11.1 Å². The SMILES string of the molecule is COc1c([C@@H](O)CC(C)C)ccc2c1C(=O)OCc1cc(C)cc(OCc3ccc([N+](=O)[O-])cc3)c1O2. The van der Waals surface area contributed by atoms with Gasteiger partial charge in [-0.25, -0.2) is 4.79 Å². The number of aryl methyl sites for hydroxylation is 1. The Morgan fingerprint density at radius 3 is 2.51 bits per heavy atom. The minimum absolute atomic E-state index is 0.00184. The van der Waals surface area contributed by atoms with E-state index in [2.05, 4.69) is 0 Å². The number of fused-ring (bicyclic) bond motifs is 2. The lowest BCUT2D eigenvalue weighted by Crippen LogP contribution is -2.15. The van der Waals surface area contributed by atoms with Gasteiger partial charge in [0, 0.05) is 23.3 Å². The number of hydrogen-bond donors (Lipinski definition) is 1. The van der Waals surface area contributed by atoms with E-state index in [0.29, 0.717) is 29.0 Å². The van der Waals surface area contributed by atoms with Crippen molar-refractivity contribution in [3.63, 3.8) is 0 Å². The smallest absolute Gasteiger partial charge is 0.346 e. The van der Waals surface area contributed by atoms with Crippen molar-refractivity contribution in [3.8, 4) is 23.0 Å². The van der Waals surface area contributed by atoms with E-state index < -0.39 is 17.0 Å². The fourth-order valence-electron chi connectivity index (χ4n) is 4.26. The highest BCUT2D eigenvalue weighted by atomic mass is 16.6. The van der Waals surface area contributed by atoms with Crippen LogP contribution in [0.3, 0.4) is 0 Å². The number of nitro benzene ring substituents is 1. The number of carbonyl (C=O) groups excluding carboxylic acids is 1. The molecule has 9 heteroatoms. The third kappa shape index (κ3) is 5.67. The highest BCUT2D eigenvalue weighted by Crippen LogP contribution is 2.44. The van der Waals surface area contributed by atoms with Crippen LogP contribution >= 0.6 is 0 Å². The molecule has 1 N–H and O–H groups in total. The van der Waals surface area contributed by atoms with Crippen molar-refractivity contribution in [1.29, 1.82) is 0 Å². The number of non-ortho nitro benzene ring substituents is 1. The number of hydrogen-bond acceptors (Lipinski definition) is 8. The number of aliphatic hydroxyl groups excluding tert-OH is 1. The molecule has 0 unspecified atom stereocenters. The third-order valence-corrected chi connectivity index (χ3v) is 6.00. The van der Waals surface area contributed by atoms with Gasteiger partial charge < -0.3 is 24.1 Å². The highest BCUT2D eigenvalue weighted by Gasteiger charge is 2.30. The standard InChI is InChI=1S/C28H29NO8/c1-16(2)11-22(30)21-9-10-23-25(27(21)34-4)28(31)36-15-19-12-17(3)13-24(26(19)37-23)35-14-18-5-7-20(8-6-18)29(32)33/h5-10,12-13,16,22,30H,11,14-15H2,1-4H3/t22-/m0/s1. The molecule has 9 nitrogen and oxygen atoms in total. The maximum atomic E-state index is 13.1. The second kappa shape index (κ2) is 10.9. The van der Waals surface area contributed by atoms with Crippen molar-refractivity contribution in [1.82, 2.24) is 0 Å². The van der Waals surface area contributed by atoms with Crippen LogP contribution in [-0.4, -0.2) is 23.1 Å². The Morgan fingerprint density at radius 1 is 1.14 bits per heavy atom. The number of ether oxygens (including phenoxy) is 4. The number of nitrogens with zero attached hydrogens (tertiary/aromatic N) is 1. The van der Waals surface area contributed by atoms with E-state index >= 15 is 0 Å². The van der Waals surface area contributed by atoms with Crippen molar-refractivity contribution in [3.05, 3.63) is 86.5 Å². The molecule has 0 spiro atoms. The molecule has 1 aliphatic heterocycles. The molecule has 1 atom stereocenters. The topological polar surface area (TPSA) is 117 Å². The summed E-state index contributed by atoms with van der Waals surface area (Å²) < 4.78 is 23.5. The first-order chi connectivity index (χ1) is 17.7. The van der Waals surface area contributed by atoms with Crippen LogP contribution in [0.4, 0.5) is 5.69 Å². The van der Waals surface area contributed by atoms with Crippen molar-refractivity contribution in [2.75, 3.05) is 7.11 Å². The molecule has 3 aromatic rings. The lowest BCUT2D eigenvalue weighted by Gasteiger charge is -2.24. The molecular weight excluding hydrogens is 478 g/mol. The van der Waals surface area contributed by atoms with Gasteiger partial charge in [0.05, 0.1) is 18.1 Å². The van der Waals surface area contributed by atoms with Crippen LogP contribution in [0.5, 0.6) is 23.0 Å². The van der Waals surface area contributed by atoms with E-state index in [1.807, 2.05) is 32.9 Å². The van der Waals surface area contributed by atoms with Gasteiger partial charge in [0.25, 0.3) is 5.69 Å². The minimum Gasteiger partial charge on any atom is -0.495 e. The first-order valence-corrected chi connectivity index (χ1v) is 11.9. The molecule has 0 saturated heterocycles. The predicted octanol–water partition coefficient (Wildman–Crippen LogP) is 6.03. The van der Waals surface area contributed by atoms with Crippen LogP contribution in [0.15, 0.2) is 48.5 Å². The Kier molecular flexibility index (Phi) is 7.63. The van der Waals surface area contributed by atoms with Crippen molar-refractivity contribution >= 4 is 11.7 Å². The summed E-state index contributed by atoms with van der Waals surface area (Å²) in [6.07, 6.45) is -0.331. The summed E-state index contributed by atoms with van der Waals surface area (Å²) >= 11 is 0. The number of aliphatic hydroxyl groups is 1. The molecule has 1 heterocycles. The molecule has 4 rings (SSSR count). The van der Waals surface area contributed by atoms with Gasteiger partial charge in [0.2, 0.25) is 0 Å². The summed E-state index contributed by atoms with van der Waals surface area (Å²) in [5, 5.41) is 21.7. The Hall–Kier alpha value is -4.11. The first kappa shape index (κ1) is 26.0. The van der Waals surface area contributed by atoms with Gasteiger partial charge in [-0.15, -0.1) is 0 Å². The van der Waals surface area contributed by atoms with Crippen LogP contribution in [-0.2, 0) is 18.0 Å². The number of cyclic esters (lactones) is 1. The van der Waals surface area contributed by atoms with Crippen LogP contribution in [0, 0.1) is 23.0 Å².